The van der Waals surface area contributed by atoms with E-state index in [4.69, 9.17) is 37.0 Å². The normalized spacial score (nSPS) is 14.0. The smallest absolute Gasteiger partial charge is 0.462 e. The van der Waals surface area contributed by atoms with E-state index in [1.165, 1.54) is 218 Å². The highest BCUT2D eigenvalue weighted by atomic mass is 31.2. The van der Waals surface area contributed by atoms with Crippen molar-refractivity contribution in [2.45, 2.75) is 412 Å². The molecular formula is C75H146O17P2. The van der Waals surface area contributed by atoms with Gasteiger partial charge < -0.3 is 33.8 Å². The first-order chi connectivity index (χ1) is 45.5. The van der Waals surface area contributed by atoms with E-state index < -0.39 is 97.5 Å². The third-order valence-electron chi connectivity index (χ3n) is 17.5. The summed E-state index contributed by atoms with van der Waals surface area (Å²) in [5, 5.41) is 10.6. The zero-order valence-electron chi connectivity index (χ0n) is 61.1. The molecule has 0 saturated heterocycles. The molecule has 0 aromatic carbocycles. The van der Waals surface area contributed by atoms with Crippen LogP contribution in [-0.2, 0) is 65.4 Å². The van der Waals surface area contributed by atoms with Crippen LogP contribution in [0.5, 0.6) is 0 Å². The van der Waals surface area contributed by atoms with Crippen LogP contribution < -0.4 is 0 Å². The minimum absolute atomic E-state index is 0.105. The summed E-state index contributed by atoms with van der Waals surface area (Å²) >= 11 is 0. The molecule has 3 N–H and O–H groups in total. The van der Waals surface area contributed by atoms with Gasteiger partial charge in [-0.3, -0.25) is 37.3 Å². The standard InChI is InChI=1S/C75H146O17P2/c1-6-9-12-15-18-21-24-26-28-29-30-31-33-36-39-45-50-55-60-74(79)91-70(64-86-73(78)59-54-49-44-38-35-32-27-25-22-19-16-13-10-7-2)66-89-93(81,82)87-62-69(76)63-88-94(83,84)90-67-71(92-75(80)61-56-51-46-41-40-42-47-52-57-68(4)5)65-85-72(77)58-53-48-43-37-34-23-20-17-14-11-8-3/h68-71,76H,6-67H2,1-5H3,(H,81,82)(H,83,84)/t69-,70-,71-/m1/s1. The molecule has 0 rings (SSSR count). The summed E-state index contributed by atoms with van der Waals surface area (Å²) in [6, 6.07) is 0. The highest BCUT2D eigenvalue weighted by Crippen LogP contribution is 2.45. The van der Waals surface area contributed by atoms with Crippen LogP contribution in [0.4, 0.5) is 0 Å². The van der Waals surface area contributed by atoms with Crippen LogP contribution >= 0.6 is 15.6 Å². The average molecular weight is 1380 g/mol. The molecule has 558 valence electrons. The van der Waals surface area contributed by atoms with Crippen LogP contribution in [-0.4, -0.2) is 96.7 Å². The molecule has 2 unspecified atom stereocenters. The fraction of sp³-hybridized carbons (Fsp3) is 0.947. The topological polar surface area (TPSA) is 237 Å². The number of hydrogen-bond acceptors (Lipinski definition) is 15. The van der Waals surface area contributed by atoms with Crippen LogP contribution in [0.2, 0.25) is 0 Å². The minimum atomic E-state index is -4.96. The summed E-state index contributed by atoms with van der Waals surface area (Å²) in [7, 11) is -9.91. The van der Waals surface area contributed by atoms with E-state index >= 15 is 0 Å². The minimum Gasteiger partial charge on any atom is -0.462 e. The lowest BCUT2D eigenvalue weighted by Crippen LogP contribution is -2.30. The lowest BCUT2D eigenvalue weighted by molar-refractivity contribution is -0.161. The number of carbonyl (C=O) groups is 4. The summed E-state index contributed by atoms with van der Waals surface area (Å²) in [6.45, 7) is 7.25. The van der Waals surface area contributed by atoms with Gasteiger partial charge in [0.2, 0.25) is 0 Å². The molecule has 94 heavy (non-hydrogen) atoms. The van der Waals surface area contributed by atoms with Gasteiger partial charge in [0.05, 0.1) is 26.4 Å². The van der Waals surface area contributed by atoms with Crippen molar-refractivity contribution >= 4 is 39.5 Å². The zero-order valence-corrected chi connectivity index (χ0v) is 62.9. The van der Waals surface area contributed by atoms with E-state index in [-0.39, 0.29) is 25.7 Å². The Hall–Kier alpha value is -1.94. The van der Waals surface area contributed by atoms with Gasteiger partial charge in [0.25, 0.3) is 0 Å². The molecule has 0 aromatic heterocycles. The summed E-state index contributed by atoms with van der Waals surface area (Å²) in [4.78, 5) is 72.7. The van der Waals surface area contributed by atoms with Gasteiger partial charge in [-0.05, 0) is 31.6 Å². The Balaban J connectivity index is 5.23. The number of phosphoric acid groups is 2. The second-order valence-electron chi connectivity index (χ2n) is 27.5. The molecule has 0 aliphatic carbocycles. The van der Waals surface area contributed by atoms with E-state index in [1.54, 1.807) is 0 Å². The second kappa shape index (κ2) is 68.2. The van der Waals surface area contributed by atoms with Crippen molar-refractivity contribution in [2.75, 3.05) is 39.6 Å². The molecule has 0 aromatic rings. The van der Waals surface area contributed by atoms with Gasteiger partial charge in [-0.25, -0.2) is 9.13 Å². The Morgan fingerprint density at radius 3 is 0.723 bits per heavy atom. The van der Waals surface area contributed by atoms with E-state index in [1.807, 2.05) is 0 Å². The van der Waals surface area contributed by atoms with E-state index in [0.717, 1.165) is 95.8 Å². The van der Waals surface area contributed by atoms with Crippen molar-refractivity contribution in [3.05, 3.63) is 0 Å². The number of rotatable bonds is 75. The molecule has 0 radical (unpaired) electrons. The monoisotopic (exact) mass is 1380 g/mol. The van der Waals surface area contributed by atoms with Crippen molar-refractivity contribution in [3.8, 4) is 0 Å². The number of hydrogen-bond donors (Lipinski definition) is 3. The summed E-state index contributed by atoms with van der Waals surface area (Å²) < 4.78 is 68.5. The van der Waals surface area contributed by atoms with Gasteiger partial charge in [0.1, 0.15) is 19.3 Å². The third-order valence-corrected chi connectivity index (χ3v) is 19.4. The van der Waals surface area contributed by atoms with Crippen molar-refractivity contribution < 1.29 is 80.2 Å². The number of carbonyl (C=O) groups excluding carboxylic acids is 4. The van der Waals surface area contributed by atoms with Crippen LogP contribution in [0.15, 0.2) is 0 Å². The number of esters is 4. The Kier molecular flexibility index (Phi) is 66.8. The number of phosphoric ester groups is 2. The van der Waals surface area contributed by atoms with E-state index in [2.05, 4.69) is 34.6 Å². The van der Waals surface area contributed by atoms with Gasteiger partial charge in [-0.15, -0.1) is 0 Å². The van der Waals surface area contributed by atoms with Crippen LogP contribution in [0.3, 0.4) is 0 Å². The van der Waals surface area contributed by atoms with Gasteiger partial charge in [0.15, 0.2) is 12.2 Å². The molecular weight excluding hydrogens is 1230 g/mol. The van der Waals surface area contributed by atoms with Crippen molar-refractivity contribution in [1.82, 2.24) is 0 Å². The third kappa shape index (κ3) is 68.6. The quantitative estimate of drug-likeness (QED) is 0.0222. The van der Waals surface area contributed by atoms with E-state index in [9.17, 15) is 43.2 Å². The number of aliphatic hydroxyl groups excluding tert-OH is 1. The Morgan fingerprint density at radius 1 is 0.287 bits per heavy atom. The highest BCUT2D eigenvalue weighted by molar-refractivity contribution is 7.47. The molecule has 0 fully saturated rings. The maximum absolute atomic E-state index is 13.1. The second-order valence-corrected chi connectivity index (χ2v) is 30.4. The summed E-state index contributed by atoms with van der Waals surface area (Å²) in [6.07, 6.45) is 56.8. The Morgan fingerprint density at radius 2 is 0.489 bits per heavy atom. The molecule has 0 aliphatic heterocycles. The first-order valence-corrected chi connectivity index (χ1v) is 42.1. The van der Waals surface area contributed by atoms with Gasteiger partial charge in [-0.2, -0.15) is 0 Å². The van der Waals surface area contributed by atoms with Crippen molar-refractivity contribution in [1.29, 1.82) is 0 Å². The maximum atomic E-state index is 13.1. The lowest BCUT2D eigenvalue weighted by Gasteiger charge is -2.21. The number of aliphatic hydroxyl groups is 1. The fourth-order valence-corrected chi connectivity index (χ4v) is 13.1. The van der Waals surface area contributed by atoms with Crippen LogP contribution in [0.1, 0.15) is 394 Å². The fourth-order valence-electron chi connectivity index (χ4n) is 11.5. The molecule has 19 heteroatoms. The highest BCUT2D eigenvalue weighted by Gasteiger charge is 2.30. The SMILES string of the molecule is CCCCCCCCCCCCCCCCCCCCC(=O)O[C@H](COC(=O)CCCCCCCCCCCCCCCC)COP(=O)(O)OC[C@@H](O)COP(=O)(O)OC[C@@H](COC(=O)CCCCCCCCCCCCC)OC(=O)CCCCCCCCCCC(C)C. The van der Waals surface area contributed by atoms with Crippen LogP contribution in [0.25, 0.3) is 0 Å². The Labute approximate surface area is 575 Å². The predicted octanol–water partition coefficient (Wildman–Crippen LogP) is 22.1. The molecule has 0 saturated carbocycles. The molecule has 0 aliphatic rings. The van der Waals surface area contributed by atoms with Crippen LogP contribution in [0, 0.1) is 5.92 Å². The van der Waals surface area contributed by atoms with E-state index in [0.29, 0.717) is 25.7 Å². The number of unbranched alkanes of at least 4 members (excludes halogenated alkanes) is 47. The number of ether oxygens (including phenoxy) is 4. The van der Waals surface area contributed by atoms with Crippen molar-refractivity contribution in [2.24, 2.45) is 5.92 Å². The first kappa shape index (κ1) is 92.1. The summed E-state index contributed by atoms with van der Waals surface area (Å²) in [5.74, 6) is -1.40. The molecule has 0 heterocycles. The molecule has 5 atom stereocenters. The lowest BCUT2D eigenvalue weighted by atomic mass is 10.0. The first-order valence-electron chi connectivity index (χ1n) is 39.1. The van der Waals surface area contributed by atoms with Gasteiger partial charge in [-0.1, -0.05) is 343 Å². The Bertz CT molecular complexity index is 1810. The molecule has 0 amide bonds. The molecule has 0 bridgehead atoms. The van der Waals surface area contributed by atoms with Gasteiger partial charge in [0, 0.05) is 25.7 Å². The molecule has 17 nitrogen and oxygen atoms in total. The zero-order chi connectivity index (χ0) is 69.1. The predicted molar refractivity (Wildman–Crippen MR) is 382 cm³/mol. The van der Waals surface area contributed by atoms with Crippen molar-refractivity contribution in [3.63, 3.8) is 0 Å². The molecule has 0 spiro atoms. The largest absolute Gasteiger partial charge is 0.472 e. The van der Waals surface area contributed by atoms with Gasteiger partial charge >= 0.3 is 39.5 Å². The summed E-state index contributed by atoms with van der Waals surface area (Å²) in [5.41, 5.74) is 0. The average Bonchev–Trinajstić information content (AvgIpc) is 1.50. The maximum Gasteiger partial charge on any atom is 0.472 e.